The van der Waals surface area contributed by atoms with Crippen LogP contribution in [0.1, 0.15) is 33.5 Å². The number of fused-ring (bicyclic) bond motifs is 1. The summed E-state index contributed by atoms with van der Waals surface area (Å²) in [4.78, 5) is 27.8. The summed E-state index contributed by atoms with van der Waals surface area (Å²) in [6.07, 6.45) is 0.306. The number of Topliss-reactive ketones (excluding diaryl/α,β-unsaturated/α-hetero) is 1. The predicted octanol–water partition coefficient (Wildman–Crippen LogP) is 4.70. The first-order chi connectivity index (χ1) is 14.4. The Morgan fingerprint density at radius 1 is 1.03 bits per heavy atom. The van der Waals surface area contributed by atoms with Gasteiger partial charge < -0.3 is 10.0 Å². The Balaban J connectivity index is 1.64. The van der Waals surface area contributed by atoms with E-state index >= 15 is 0 Å². The van der Waals surface area contributed by atoms with Gasteiger partial charge >= 0.3 is 0 Å². The van der Waals surface area contributed by atoms with Crippen molar-refractivity contribution in [3.05, 3.63) is 100 Å². The Morgan fingerprint density at radius 2 is 1.73 bits per heavy atom. The first kappa shape index (κ1) is 20.3. The van der Waals surface area contributed by atoms with Gasteiger partial charge in [-0.3, -0.25) is 9.59 Å². The van der Waals surface area contributed by atoms with Crippen molar-refractivity contribution in [2.75, 3.05) is 11.4 Å². The highest BCUT2D eigenvalue weighted by atomic mass is 35.5. The van der Waals surface area contributed by atoms with E-state index in [0.717, 1.165) is 11.1 Å². The molecule has 1 amide bonds. The third-order valence-electron chi connectivity index (χ3n) is 5.55. The molecule has 152 valence electrons. The maximum atomic E-state index is 13.3. The average Bonchev–Trinajstić information content (AvgIpc) is 2.94. The number of hydrogen-bond donors (Lipinski definition) is 1. The van der Waals surface area contributed by atoms with Crippen molar-refractivity contribution in [1.82, 2.24) is 0 Å². The summed E-state index contributed by atoms with van der Waals surface area (Å²) >= 11 is 6.16. The van der Waals surface area contributed by atoms with Crippen molar-refractivity contribution in [3.63, 3.8) is 0 Å². The lowest BCUT2D eigenvalue weighted by Gasteiger charge is -2.23. The summed E-state index contributed by atoms with van der Waals surface area (Å²) in [7, 11) is 0. The summed E-state index contributed by atoms with van der Waals surface area (Å²) < 4.78 is 0. The van der Waals surface area contributed by atoms with Gasteiger partial charge in [0.2, 0.25) is 0 Å². The number of nitrogens with zero attached hydrogens (tertiary/aromatic N) is 1. The first-order valence-electron chi connectivity index (χ1n) is 9.87. The molecule has 1 unspecified atom stereocenters. The maximum Gasteiger partial charge on any atom is 0.264 e. The van der Waals surface area contributed by atoms with Crippen molar-refractivity contribution in [1.29, 1.82) is 0 Å². The molecule has 5 heteroatoms. The first-order valence-corrected chi connectivity index (χ1v) is 10.2. The largest absolute Gasteiger partial charge is 0.375 e. The van der Waals surface area contributed by atoms with E-state index in [1.165, 1.54) is 0 Å². The number of rotatable bonds is 6. The molecule has 1 N–H and O–H groups in total. The number of amides is 1. The fourth-order valence-corrected chi connectivity index (χ4v) is 4.05. The van der Waals surface area contributed by atoms with Crippen LogP contribution in [0.25, 0.3) is 0 Å². The monoisotopic (exact) mass is 419 g/mol. The van der Waals surface area contributed by atoms with Gasteiger partial charge in [0.25, 0.3) is 5.91 Å². The summed E-state index contributed by atoms with van der Waals surface area (Å²) in [5.41, 5.74) is 1.64. The fraction of sp³-hybridized carbons (Fsp3) is 0.200. The van der Waals surface area contributed by atoms with Gasteiger partial charge in [-0.2, -0.15) is 0 Å². The van der Waals surface area contributed by atoms with Crippen molar-refractivity contribution in [3.8, 4) is 0 Å². The molecule has 0 aliphatic carbocycles. The number of aliphatic hydroxyl groups is 1. The van der Waals surface area contributed by atoms with Crippen molar-refractivity contribution < 1.29 is 14.7 Å². The molecule has 1 aliphatic heterocycles. The third kappa shape index (κ3) is 3.76. The molecule has 0 bridgehead atoms. The second-order valence-corrected chi connectivity index (χ2v) is 8.12. The molecule has 3 aromatic carbocycles. The lowest BCUT2D eigenvalue weighted by Crippen LogP contribution is -2.42. The molecular weight excluding hydrogens is 398 g/mol. The molecule has 0 saturated heterocycles. The molecule has 0 radical (unpaired) electrons. The van der Waals surface area contributed by atoms with E-state index in [1.54, 1.807) is 35.2 Å². The number of carbonyl (C=O) groups is 2. The number of ketones is 1. The number of halogens is 1. The Morgan fingerprint density at radius 3 is 2.43 bits per heavy atom. The van der Waals surface area contributed by atoms with E-state index in [-0.39, 0.29) is 12.2 Å². The molecule has 0 spiro atoms. The number of carbonyl (C=O) groups excluding carboxylic acids is 2. The van der Waals surface area contributed by atoms with Gasteiger partial charge in [0.1, 0.15) is 0 Å². The van der Waals surface area contributed by atoms with Crippen LogP contribution in [0.3, 0.4) is 0 Å². The normalized spacial score (nSPS) is 17.8. The van der Waals surface area contributed by atoms with Crippen LogP contribution in [0.4, 0.5) is 5.69 Å². The maximum absolute atomic E-state index is 13.3. The van der Waals surface area contributed by atoms with E-state index in [9.17, 15) is 14.7 Å². The van der Waals surface area contributed by atoms with Crippen LogP contribution in [0.5, 0.6) is 0 Å². The van der Waals surface area contributed by atoms with Gasteiger partial charge in [-0.1, -0.05) is 71.8 Å². The third-order valence-corrected chi connectivity index (χ3v) is 5.79. The highest BCUT2D eigenvalue weighted by molar-refractivity contribution is 6.31. The topological polar surface area (TPSA) is 57.6 Å². The van der Waals surface area contributed by atoms with Crippen LogP contribution < -0.4 is 4.90 Å². The standard InChI is InChI=1S/C25H22ClNO3/c1-17-7-9-19(10-8-17)23(28)16-25(30)21-15-20(26)11-12-22(21)27(24(25)29)14-13-18-5-3-2-4-6-18/h2-12,15,30H,13-14,16H2,1H3. The van der Waals surface area contributed by atoms with E-state index in [4.69, 9.17) is 11.6 Å². The van der Waals surface area contributed by atoms with Gasteiger partial charge in [-0.25, -0.2) is 0 Å². The Hall–Kier alpha value is -2.95. The van der Waals surface area contributed by atoms with E-state index in [0.29, 0.717) is 34.8 Å². The lowest BCUT2D eigenvalue weighted by atomic mass is 9.88. The minimum atomic E-state index is -1.93. The SMILES string of the molecule is Cc1ccc(C(=O)CC2(O)C(=O)N(CCc3ccccc3)c3ccc(Cl)cc32)cc1. The number of benzene rings is 3. The smallest absolute Gasteiger partial charge is 0.264 e. The summed E-state index contributed by atoms with van der Waals surface area (Å²) in [6, 6.07) is 21.9. The Kier molecular flexibility index (Phi) is 5.46. The van der Waals surface area contributed by atoms with Crippen LogP contribution in [0.15, 0.2) is 72.8 Å². The second-order valence-electron chi connectivity index (χ2n) is 7.68. The molecule has 30 heavy (non-hydrogen) atoms. The van der Waals surface area contributed by atoms with Crippen molar-refractivity contribution >= 4 is 29.0 Å². The van der Waals surface area contributed by atoms with Crippen LogP contribution in [-0.2, 0) is 16.8 Å². The van der Waals surface area contributed by atoms with Crippen molar-refractivity contribution in [2.45, 2.75) is 25.4 Å². The molecule has 0 fully saturated rings. The zero-order chi connectivity index (χ0) is 21.3. The molecule has 0 saturated carbocycles. The highest BCUT2D eigenvalue weighted by Gasteiger charge is 2.50. The summed E-state index contributed by atoms with van der Waals surface area (Å²) in [5.74, 6) is -0.780. The molecule has 4 nitrogen and oxygen atoms in total. The fourth-order valence-electron chi connectivity index (χ4n) is 3.88. The van der Waals surface area contributed by atoms with Gasteiger partial charge in [-0.05, 0) is 37.1 Å². The molecule has 3 aromatic rings. The van der Waals surface area contributed by atoms with E-state index < -0.39 is 11.5 Å². The van der Waals surface area contributed by atoms with Gasteiger partial charge in [0.05, 0.1) is 12.1 Å². The minimum absolute atomic E-state index is 0.290. The summed E-state index contributed by atoms with van der Waals surface area (Å²) in [5, 5.41) is 11.8. The number of aryl methyl sites for hydroxylation is 1. The zero-order valence-corrected chi connectivity index (χ0v) is 17.4. The quantitative estimate of drug-likeness (QED) is 0.589. The highest BCUT2D eigenvalue weighted by Crippen LogP contribution is 2.44. The van der Waals surface area contributed by atoms with Gasteiger partial charge in [0.15, 0.2) is 11.4 Å². The molecule has 1 heterocycles. The van der Waals surface area contributed by atoms with Crippen LogP contribution in [-0.4, -0.2) is 23.3 Å². The zero-order valence-electron chi connectivity index (χ0n) is 16.6. The van der Waals surface area contributed by atoms with Crippen LogP contribution in [0, 0.1) is 6.92 Å². The molecule has 1 aliphatic rings. The average molecular weight is 420 g/mol. The minimum Gasteiger partial charge on any atom is -0.375 e. The lowest BCUT2D eigenvalue weighted by molar-refractivity contribution is -0.135. The van der Waals surface area contributed by atoms with Crippen molar-refractivity contribution in [2.24, 2.45) is 0 Å². The van der Waals surface area contributed by atoms with Gasteiger partial charge in [-0.15, -0.1) is 0 Å². The Bertz CT molecular complexity index is 1100. The van der Waals surface area contributed by atoms with E-state index in [1.807, 2.05) is 49.4 Å². The number of anilines is 1. The van der Waals surface area contributed by atoms with Gasteiger partial charge in [0, 0.05) is 22.7 Å². The van der Waals surface area contributed by atoms with Crippen LogP contribution in [0.2, 0.25) is 5.02 Å². The Labute approximate surface area is 180 Å². The number of hydrogen-bond acceptors (Lipinski definition) is 3. The summed E-state index contributed by atoms with van der Waals surface area (Å²) in [6.45, 7) is 2.34. The predicted molar refractivity (Wildman–Crippen MR) is 118 cm³/mol. The molecule has 1 atom stereocenters. The molecule has 0 aromatic heterocycles. The molecular formula is C25H22ClNO3. The van der Waals surface area contributed by atoms with E-state index in [2.05, 4.69) is 0 Å². The van der Waals surface area contributed by atoms with Crippen LogP contribution >= 0.6 is 11.6 Å². The second kappa shape index (κ2) is 8.05. The molecule has 4 rings (SSSR count).